The number of amides is 1. The van der Waals surface area contributed by atoms with E-state index in [0.29, 0.717) is 0 Å². The van der Waals surface area contributed by atoms with Crippen molar-refractivity contribution in [2.75, 3.05) is 6.54 Å². The summed E-state index contributed by atoms with van der Waals surface area (Å²) >= 11 is 0. The SMILES string of the molecule is O=C(/C=C/c1ccc(CNCCc2cn(CC3CC3)c3ccccc23)cc1)NO. The van der Waals surface area contributed by atoms with E-state index in [2.05, 4.69) is 40.3 Å². The molecule has 0 radical (unpaired) electrons. The number of hydroxylamine groups is 1. The van der Waals surface area contributed by atoms with Crippen molar-refractivity contribution in [1.82, 2.24) is 15.4 Å². The van der Waals surface area contributed by atoms with Crippen LogP contribution in [0.15, 0.2) is 60.8 Å². The molecule has 3 N–H and O–H groups in total. The highest BCUT2D eigenvalue weighted by molar-refractivity contribution is 5.90. The van der Waals surface area contributed by atoms with E-state index in [1.54, 1.807) is 11.6 Å². The van der Waals surface area contributed by atoms with Crippen LogP contribution in [0.2, 0.25) is 0 Å². The van der Waals surface area contributed by atoms with Crippen molar-refractivity contribution >= 4 is 22.9 Å². The minimum atomic E-state index is -0.533. The highest BCUT2D eigenvalue weighted by Crippen LogP contribution is 2.33. The maximum atomic E-state index is 11.0. The van der Waals surface area contributed by atoms with Gasteiger partial charge in [-0.1, -0.05) is 42.5 Å². The first-order chi connectivity index (χ1) is 14.2. The van der Waals surface area contributed by atoms with Gasteiger partial charge in [0, 0.05) is 36.3 Å². The maximum absolute atomic E-state index is 11.0. The number of fused-ring (bicyclic) bond motifs is 1. The minimum Gasteiger partial charge on any atom is -0.347 e. The van der Waals surface area contributed by atoms with Crippen LogP contribution in [0.25, 0.3) is 17.0 Å². The van der Waals surface area contributed by atoms with Gasteiger partial charge in [0.15, 0.2) is 0 Å². The van der Waals surface area contributed by atoms with E-state index in [1.807, 2.05) is 24.3 Å². The van der Waals surface area contributed by atoms with E-state index in [1.165, 1.54) is 40.9 Å². The van der Waals surface area contributed by atoms with Gasteiger partial charge >= 0.3 is 0 Å². The molecule has 0 saturated heterocycles. The molecule has 0 bridgehead atoms. The standard InChI is InChI=1S/C24H27N3O2/c28-24(26-29)12-11-18-5-7-19(8-6-18)15-25-14-13-21-17-27(16-20-9-10-20)23-4-2-1-3-22(21)23/h1-8,11-12,17,20,25,29H,9-10,13-16H2,(H,26,28)/b12-11+. The Labute approximate surface area is 171 Å². The van der Waals surface area contributed by atoms with Crippen LogP contribution in [0.3, 0.4) is 0 Å². The van der Waals surface area contributed by atoms with E-state index in [-0.39, 0.29) is 0 Å². The zero-order chi connectivity index (χ0) is 20.1. The lowest BCUT2D eigenvalue weighted by molar-refractivity contribution is -0.124. The smallest absolute Gasteiger partial charge is 0.267 e. The Kier molecular flexibility index (Phi) is 6.08. The van der Waals surface area contributed by atoms with E-state index in [0.717, 1.165) is 37.5 Å². The third-order valence-electron chi connectivity index (χ3n) is 5.44. The quantitative estimate of drug-likeness (QED) is 0.225. The molecule has 1 aromatic heterocycles. The number of hydrogen-bond donors (Lipinski definition) is 3. The van der Waals surface area contributed by atoms with Crippen molar-refractivity contribution in [2.24, 2.45) is 5.92 Å². The number of aromatic nitrogens is 1. The number of carbonyl (C=O) groups excluding carboxylic acids is 1. The molecule has 4 rings (SSSR count). The van der Waals surface area contributed by atoms with Gasteiger partial charge in [-0.25, -0.2) is 5.48 Å². The fourth-order valence-electron chi connectivity index (χ4n) is 3.66. The zero-order valence-corrected chi connectivity index (χ0v) is 16.5. The molecule has 1 fully saturated rings. The number of carbonyl (C=O) groups is 1. The second-order valence-electron chi connectivity index (χ2n) is 7.74. The van der Waals surface area contributed by atoms with Gasteiger partial charge < -0.3 is 9.88 Å². The monoisotopic (exact) mass is 389 g/mol. The summed E-state index contributed by atoms with van der Waals surface area (Å²) in [6, 6.07) is 16.7. The number of nitrogens with one attached hydrogen (secondary N) is 2. The van der Waals surface area contributed by atoms with Crippen LogP contribution in [0.1, 0.15) is 29.5 Å². The van der Waals surface area contributed by atoms with Crippen LogP contribution in [-0.4, -0.2) is 22.2 Å². The van der Waals surface area contributed by atoms with Crippen LogP contribution < -0.4 is 10.8 Å². The van der Waals surface area contributed by atoms with Crippen molar-refractivity contribution in [3.63, 3.8) is 0 Å². The third kappa shape index (κ3) is 5.13. The first-order valence-corrected chi connectivity index (χ1v) is 10.2. The molecule has 1 aliphatic rings. The van der Waals surface area contributed by atoms with Crippen LogP contribution in [0.5, 0.6) is 0 Å². The molecule has 1 amide bonds. The van der Waals surface area contributed by atoms with Crippen LogP contribution in [0, 0.1) is 5.92 Å². The van der Waals surface area contributed by atoms with Gasteiger partial charge in [-0.2, -0.15) is 0 Å². The third-order valence-corrected chi connectivity index (χ3v) is 5.44. The molecule has 29 heavy (non-hydrogen) atoms. The van der Waals surface area contributed by atoms with Gasteiger partial charge in [0.2, 0.25) is 0 Å². The van der Waals surface area contributed by atoms with Gasteiger partial charge in [0.05, 0.1) is 0 Å². The Morgan fingerprint density at radius 2 is 1.93 bits per heavy atom. The highest BCUT2D eigenvalue weighted by atomic mass is 16.5. The van der Waals surface area contributed by atoms with Crippen LogP contribution in [0.4, 0.5) is 0 Å². The summed E-state index contributed by atoms with van der Waals surface area (Å²) in [6.45, 7) is 2.88. The van der Waals surface area contributed by atoms with Gasteiger partial charge in [-0.15, -0.1) is 0 Å². The first-order valence-electron chi connectivity index (χ1n) is 10.2. The molecular formula is C24H27N3O2. The lowest BCUT2D eigenvalue weighted by Crippen LogP contribution is -2.16. The molecule has 1 heterocycles. The predicted molar refractivity (Wildman–Crippen MR) is 115 cm³/mol. The van der Waals surface area contributed by atoms with E-state index in [4.69, 9.17) is 5.21 Å². The lowest BCUT2D eigenvalue weighted by Gasteiger charge is -2.05. The second-order valence-corrected chi connectivity index (χ2v) is 7.74. The summed E-state index contributed by atoms with van der Waals surface area (Å²) < 4.78 is 2.44. The maximum Gasteiger partial charge on any atom is 0.267 e. The van der Waals surface area contributed by atoms with Gasteiger partial charge in [-0.3, -0.25) is 10.0 Å². The molecular weight excluding hydrogens is 362 g/mol. The molecule has 1 saturated carbocycles. The zero-order valence-electron chi connectivity index (χ0n) is 16.5. The predicted octanol–water partition coefficient (Wildman–Crippen LogP) is 3.90. The van der Waals surface area contributed by atoms with Crippen LogP contribution in [-0.2, 0) is 24.3 Å². The van der Waals surface area contributed by atoms with Gasteiger partial charge in [-0.05, 0) is 60.6 Å². The number of hydrogen-bond acceptors (Lipinski definition) is 3. The molecule has 0 atom stereocenters. The van der Waals surface area contributed by atoms with E-state index >= 15 is 0 Å². The number of rotatable bonds is 9. The molecule has 2 aromatic carbocycles. The normalized spacial score (nSPS) is 14.0. The Morgan fingerprint density at radius 1 is 1.14 bits per heavy atom. The molecule has 5 heteroatoms. The Hall–Kier alpha value is -2.89. The average Bonchev–Trinajstić information content (AvgIpc) is 3.51. The van der Waals surface area contributed by atoms with Crippen molar-refractivity contribution in [3.05, 3.63) is 77.5 Å². The topological polar surface area (TPSA) is 66.3 Å². The average molecular weight is 389 g/mol. The second kappa shape index (κ2) is 9.07. The Balaban J connectivity index is 1.30. The number of benzene rings is 2. The first kappa shape index (κ1) is 19.4. The van der Waals surface area contributed by atoms with Gasteiger partial charge in [0.25, 0.3) is 5.91 Å². The summed E-state index contributed by atoms with van der Waals surface area (Å²) in [6.07, 6.45) is 9.05. The molecule has 3 aromatic rings. The lowest BCUT2D eigenvalue weighted by atomic mass is 10.1. The number of para-hydroxylation sites is 1. The highest BCUT2D eigenvalue weighted by Gasteiger charge is 2.22. The van der Waals surface area contributed by atoms with Crippen LogP contribution >= 0.6 is 0 Å². The van der Waals surface area contributed by atoms with Crippen molar-refractivity contribution < 1.29 is 10.0 Å². The van der Waals surface area contributed by atoms with Gasteiger partial charge in [0.1, 0.15) is 0 Å². The molecule has 0 unspecified atom stereocenters. The summed E-state index contributed by atoms with van der Waals surface area (Å²) in [5, 5.41) is 13.4. The number of nitrogens with zero attached hydrogens (tertiary/aromatic N) is 1. The summed E-state index contributed by atoms with van der Waals surface area (Å²) in [7, 11) is 0. The summed E-state index contributed by atoms with van der Waals surface area (Å²) in [4.78, 5) is 11.0. The molecule has 1 aliphatic carbocycles. The molecule has 0 aliphatic heterocycles. The summed E-state index contributed by atoms with van der Waals surface area (Å²) in [5.74, 6) is 0.335. The van der Waals surface area contributed by atoms with Crippen molar-refractivity contribution in [1.29, 1.82) is 0 Å². The van der Waals surface area contributed by atoms with Crippen molar-refractivity contribution in [2.45, 2.75) is 32.4 Å². The molecule has 0 spiro atoms. The Bertz CT molecular complexity index is 1000. The fraction of sp³-hybridized carbons (Fsp3) is 0.292. The summed E-state index contributed by atoms with van der Waals surface area (Å²) in [5.41, 5.74) is 6.47. The molecule has 150 valence electrons. The fourth-order valence-corrected chi connectivity index (χ4v) is 3.66. The largest absolute Gasteiger partial charge is 0.347 e. The van der Waals surface area contributed by atoms with E-state index in [9.17, 15) is 4.79 Å². The van der Waals surface area contributed by atoms with Crippen molar-refractivity contribution in [3.8, 4) is 0 Å². The molecule has 5 nitrogen and oxygen atoms in total. The van der Waals surface area contributed by atoms with E-state index < -0.39 is 5.91 Å². The Morgan fingerprint density at radius 3 is 2.69 bits per heavy atom. The minimum absolute atomic E-state index is 0.533.